The Kier molecular flexibility index (Phi) is 5.25. The zero-order chi connectivity index (χ0) is 22.0. The summed E-state index contributed by atoms with van der Waals surface area (Å²) in [6.07, 6.45) is 2.29. The van der Waals surface area contributed by atoms with Gasteiger partial charge >= 0.3 is 6.36 Å². The highest BCUT2D eigenvalue weighted by Crippen LogP contribution is 2.27. The number of alkyl halides is 3. The van der Waals surface area contributed by atoms with E-state index in [4.69, 9.17) is 11.2 Å². The van der Waals surface area contributed by atoms with Gasteiger partial charge in [-0.2, -0.15) is 5.10 Å². The standard InChI is InChI=1S/C21H16F3N5O2/c1-3-16-5-4-15(11-25-16)12-28-14(2)10-19(26-28)20-27-29(13-30-20)17-6-8-18(9-7-17)31-21(22,23)24/h1,4-11H,12-13H2,2H3. The van der Waals surface area contributed by atoms with E-state index in [0.717, 1.165) is 11.3 Å². The summed E-state index contributed by atoms with van der Waals surface area (Å²) in [5, 5.41) is 10.4. The van der Waals surface area contributed by atoms with Crippen molar-refractivity contribution in [1.82, 2.24) is 14.8 Å². The van der Waals surface area contributed by atoms with Crippen LogP contribution in [0.4, 0.5) is 18.9 Å². The molecular formula is C21H16F3N5O2. The largest absolute Gasteiger partial charge is 0.573 e. The van der Waals surface area contributed by atoms with Crippen molar-refractivity contribution in [1.29, 1.82) is 0 Å². The summed E-state index contributed by atoms with van der Waals surface area (Å²) in [4.78, 5) is 4.17. The number of hydrogen-bond acceptors (Lipinski definition) is 6. The molecule has 3 aromatic rings. The third kappa shape index (κ3) is 4.78. The molecule has 0 fully saturated rings. The van der Waals surface area contributed by atoms with Crippen LogP contribution in [0.1, 0.15) is 22.6 Å². The molecule has 2 aromatic heterocycles. The Morgan fingerprint density at radius 3 is 2.61 bits per heavy atom. The molecule has 0 N–H and O–H groups in total. The Labute approximate surface area is 175 Å². The predicted molar refractivity (Wildman–Crippen MR) is 106 cm³/mol. The van der Waals surface area contributed by atoms with Crippen LogP contribution in [0.2, 0.25) is 0 Å². The minimum Gasteiger partial charge on any atom is -0.452 e. The molecule has 0 radical (unpaired) electrons. The van der Waals surface area contributed by atoms with Crippen molar-refractivity contribution in [2.24, 2.45) is 5.10 Å². The first kappa shape index (κ1) is 20.3. The fraction of sp³-hybridized carbons (Fsp3) is 0.190. The molecule has 1 aromatic carbocycles. The Morgan fingerprint density at radius 1 is 1.19 bits per heavy atom. The fourth-order valence-corrected chi connectivity index (χ4v) is 2.92. The van der Waals surface area contributed by atoms with E-state index in [-0.39, 0.29) is 12.5 Å². The molecule has 31 heavy (non-hydrogen) atoms. The number of nitrogens with zero attached hydrogens (tertiary/aromatic N) is 5. The molecule has 3 heterocycles. The molecule has 7 nitrogen and oxygen atoms in total. The second-order valence-electron chi connectivity index (χ2n) is 6.64. The van der Waals surface area contributed by atoms with Crippen LogP contribution in [-0.4, -0.2) is 33.8 Å². The quantitative estimate of drug-likeness (QED) is 0.582. The maximum absolute atomic E-state index is 12.3. The second kappa shape index (κ2) is 8.02. The third-order valence-corrected chi connectivity index (χ3v) is 4.41. The van der Waals surface area contributed by atoms with E-state index in [0.29, 0.717) is 29.5 Å². The van der Waals surface area contributed by atoms with Crippen molar-refractivity contribution in [3.8, 4) is 18.1 Å². The van der Waals surface area contributed by atoms with Crippen LogP contribution in [0.25, 0.3) is 0 Å². The van der Waals surface area contributed by atoms with E-state index < -0.39 is 6.36 Å². The average molecular weight is 427 g/mol. The zero-order valence-corrected chi connectivity index (χ0v) is 16.3. The Hall–Kier alpha value is -4.00. The lowest BCUT2D eigenvalue weighted by molar-refractivity contribution is -0.274. The maximum atomic E-state index is 12.3. The van der Waals surface area contributed by atoms with Gasteiger partial charge in [-0.25, -0.2) is 9.99 Å². The molecular weight excluding hydrogens is 411 g/mol. The SMILES string of the molecule is C#Cc1ccc(Cn2nc(C3=NN(c4ccc(OC(F)(F)F)cc4)CO3)cc2C)cn1. The minimum absolute atomic E-state index is 0.109. The van der Waals surface area contributed by atoms with Gasteiger partial charge in [0.1, 0.15) is 17.1 Å². The van der Waals surface area contributed by atoms with Crippen LogP contribution in [0.15, 0.2) is 53.8 Å². The molecule has 1 aliphatic rings. The zero-order valence-electron chi connectivity index (χ0n) is 16.3. The van der Waals surface area contributed by atoms with Gasteiger partial charge in [-0.05, 0) is 48.9 Å². The number of halogens is 3. The first-order chi connectivity index (χ1) is 14.8. The molecule has 0 atom stereocenters. The first-order valence-electron chi connectivity index (χ1n) is 9.12. The van der Waals surface area contributed by atoms with Crippen LogP contribution >= 0.6 is 0 Å². The number of anilines is 1. The van der Waals surface area contributed by atoms with Crippen LogP contribution < -0.4 is 9.75 Å². The third-order valence-electron chi connectivity index (χ3n) is 4.41. The van der Waals surface area contributed by atoms with Gasteiger partial charge in [0.15, 0.2) is 6.73 Å². The van der Waals surface area contributed by atoms with Crippen molar-refractivity contribution in [3.05, 3.63) is 71.3 Å². The van der Waals surface area contributed by atoms with Crippen molar-refractivity contribution < 1.29 is 22.6 Å². The molecule has 0 unspecified atom stereocenters. The van der Waals surface area contributed by atoms with Gasteiger partial charge in [-0.15, -0.1) is 24.7 Å². The van der Waals surface area contributed by atoms with Crippen LogP contribution in [0.3, 0.4) is 0 Å². The highest BCUT2D eigenvalue weighted by atomic mass is 19.4. The van der Waals surface area contributed by atoms with Gasteiger partial charge in [0.2, 0.25) is 0 Å². The first-order valence-corrected chi connectivity index (χ1v) is 9.12. The summed E-state index contributed by atoms with van der Waals surface area (Å²) in [6.45, 7) is 2.52. The van der Waals surface area contributed by atoms with E-state index in [1.54, 1.807) is 16.9 Å². The smallest absolute Gasteiger partial charge is 0.452 e. The number of benzene rings is 1. The number of terminal acetylenes is 1. The number of rotatable bonds is 5. The maximum Gasteiger partial charge on any atom is 0.573 e. The van der Waals surface area contributed by atoms with Gasteiger partial charge in [0.25, 0.3) is 5.90 Å². The van der Waals surface area contributed by atoms with Crippen molar-refractivity contribution >= 4 is 11.6 Å². The summed E-state index contributed by atoms with van der Waals surface area (Å²) >= 11 is 0. The summed E-state index contributed by atoms with van der Waals surface area (Å²) in [5.74, 6) is 2.49. The molecule has 0 spiro atoms. The second-order valence-corrected chi connectivity index (χ2v) is 6.64. The Bertz CT molecular complexity index is 1150. The highest BCUT2D eigenvalue weighted by Gasteiger charge is 2.31. The van der Waals surface area contributed by atoms with E-state index in [1.165, 1.54) is 29.3 Å². The summed E-state index contributed by atoms with van der Waals surface area (Å²) in [7, 11) is 0. The molecule has 0 amide bonds. The van der Waals surface area contributed by atoms with E-state index in [2.05, 4.69) is 25.8 Å². The lowest BCUT2D eigenvalue weighted by Gasteiger charge is -2.13. The highest BCUT2D eigenvalue weighted by molar-refractivity contribution is 5.94. The average Bonchev–Trinajstić information content (AvgIpc) is 3.35. The number of pyridine rings is 1. The van der Waals surface area contributed by atoms with Gasteiger partial charge in [0.05, 0.1) is 12.2 Å². The van der Waals surface area contributed by atoms with Gasteiger partial charge in [-0.1, -0.05) is 12.0 Å². The van der Waals surface area contributed by atoms with Gasteiger partial charge < -0.3 is 9.47 Å². The molecule has 1 aliphatic heterocycles. The Morgan fingerprint density at radius 2 is 1.97 bits per heavy atom. The number of hydrazone groups is 1. The summed E-state index contributed by atoms with van der Waals surface area (Å²) in [5.41, 5.74) is 3.50. The van der Waals surface area contributed by atoms with Crippen LogP contribution in [-0.2, 0) is 11.3 Å². The van der Waals surface area contributed by atoms with Crippen LogP contribution in [0, 0.1) is 19.3 Å². The minimum atomic E-state index is -4.74. The van der Waals surface area contributed by atoms with Crippen molar-refractivity contribution in [3.63, 3.8) is 0 Å². The molecule has 0 bridgehead atoms. The molecule has 0 saturated carbocycles. The summed E-state index contributed by atoms with van der Waals surface area (Å²) in [6, 6.07) is 10.9. The number of aromatic nitrogens is 3. The van der Waals surface area contributed by atoms with Gasteiger partial charge in [0, 0.05) is 11.9 Å². The van der Waals surface area contributed by atoms with Gasteiger partial charge in [-0.3, -0.25) is 4.68 Å². The summed E-state index contributed by atoms with van der Waals surface area (Å²) < 4.78 is 48.2. The Balaban J connectivity index is 1.47. The topological polar surface area (TPSA) is 64.8 Å². The molecule has 0 aliphatic carbocycles. The van der Waals surface area contributed by atoms with E-state index in [1.807, 2.05) is 19.1 Å². The lowest BCUT2D eigenvalue weighted by Crippen LogP contribution is -2.17. The number of aryl methyl sites for hydroxylation is 1. The predicted octanol–water partition coefficient (Wildman–Crippen LogP) is 3.67. The molecule has 10 heteroatoms. The number of ether oxygens (including phenoxy) is 2. The van der Waals surface area contributed by atoms with Crippen LogP contribution in [0.5, 0.6) is 5.75 Å². The number of hydrogen-bond donors (Lipinski definition) is 0. The molecule has 158 valence electrons. The lowest BCUT2D eigenvalue weighted by atomic mass is 10.2. The van der Waals surface area contributed by atoms with Crippen molar-refractivity contribution in [2.45, 2.75) is 19.8 Å². The van der Waals surface area contributed by atoms with E-state index in [9.17, 15) is 13.2 Å². The van der Waals surface area contributed by atoms with E-state index >= 15 is 0 Å². The molecule has 0 saturated heterocycles. The fourth-order valence-electron chi connectivity index (χ4n) is 2.92. The normalized spacial score (nSPS) is 13.5. The van der Waals surface area contributed by atoms with Crippen molar-refractivity contribution in [2.75, 3.05) is 11.7 Å². The monoisotopic (exact) mass is 427 g/mol. The molecule has 4 rings (SSSR count).